The van der Waals surface area contributed by atoms with E-state index in [9.17, 15) is 0 Å². The lowest BCUT2D eigenvalue weighted by atomic mass is 10.0. The van der Waals surface area contributed by atoms with E-state index in [1.54, 1.807) is 6.20 Å². The standard InChI is InChI=1S/C27H28N2O2/c1-21-8-6-9-22(18-21)20-31-26-14-13-23-10-2-3-11-24(23)25(26)19-28-15-7-17-30-27-12-4-5-16-29-27/h2-6,8-14,16,18,28H,7,15,17,19-20H2,1H3. The Hall–Kier alpha value is -3.37. The summed E-state index contributed by atoms with van der Waals surface area (Å²) < 4.78 is 11.9. The van der Waals surface area contributed by atoms with Crippen molar-refractivity contribution in [1.29, 1.82) is 0 Å². The van der Waals surface area contributed by atoms with Crippen molar-refractivity contribution in [3.05, 3.63) is 102 Å². The first kappa shape index (κ1) is 20.9. The van der Waals surface area contributed by atoms with E-state index in [-0.39, 0.29) is 0 Å². The van der Waals surface area contributed by atoms with Crippen molar-refractivity contribution >= 4 is 10.8 Å². The lowest BCUT2D eigenvalue weighted by molar-refractivity contribution is 0.294. The van der Waals surface area contributed by atoms with Crippen LogP contribution in [-0.2, 0) is 13.2 Å². The van der Waals surface area contributed by atoms with Gasteiger partial charge in [-0.05, 0) is 48.4 Å². The Kier molecular flexibility index (Phi) is 7.14. The molecule has 0 aliphatic carbocycles. The molecule has 31 heavy (non-hydrogen) atoms. The van der Waals surface area contributed by atoms with Gasteiger partial charge in [-0.1, -0.05) is 66.2 Å². The van der Waals surface area contributed by atoms with E-state index in [1.807, 2.05) is 18.2 Å². The van der Waals surface area contributed by atoms with Gasteiger partial charge in [0.25, 0.3) is 0 Å². The SMILES string of the molecule is Cc1cccc(COc2ccc3ccccc3c2CNCCCOc2ccccn2)c1. The summed E-state index contributed by atoms with van der Waals surface area (Å²) in [5.74, 6) is 1.60. The Morgan fingerprint density at radius 3 is 2.65 bits per heavy atom. The van der Waals surface area contributed by atoms with Crippen LogP contribution in [0.2, 0.25) is 0 Å². The Balaban J connectivity index is 1.38. The molecule has 0 atom stereocenters. The highest BCUT2D eigenvalue weighted by molar-refractivity contribution is 5.87. The number of rotatable bonds is 10. The molecule has 0 amide bonds. The van der Waals surface area contributed by atoms with E-state index in [0.29, 0.717) is 19.1 Å². The highest BCUT2D eigenvalue weighted by Crippen LogP contribution is 2.29. The van der Waals surface area contributed by atoms with Crippen LogP contribution in [0.15, 0.2) is 85.1 Å². The first-order chi connectivity index (χ1) is 15.3. The minimum Gasteiger partial charge on any atom is -0.489 e. The molecular weight excluding hydrogens is 384 g/mol. The Morgan fingerprint density at radius 1 is 0.871 bits per heavy atom. The molecule has 158 valence electrons. The average molecular weight is 413 g/mol. The molecule has 0 aliphatic rings. The molecule has 4 heteroatoms. The predicted octanol–water partition coefficient (Wildman–Crippen LogP) is 5.68. The van der Waals surface area contributed by atoms with Gasteiger partial charge in [0.1, 0.15) is 12.4 Å². The predicted molar refractivity (Wildman–Crippen MR) is 126 cm³/mol. The first-order valence-corrected chi connectivity index (χ1v) is 10.7. The number of fused-ring (bicyclic) bond motifs is 1. The number of aromatic nitrogens is 1. The van der Waals surface area contributed by atoms with Crippen molar-refractivity contribution in [3.63, 3.8) is 0 Å². The average Bonchev–Trinajstić information content (AvgIpc) is 2.81. The Bertz CT molecular complexity index is 1110. The van der Waals surface area contributed by atoms with Crippen molar-refractivity contribution in [2.24, 2.45) is 0 Å². The molecule has 1 N–H and O–H groups in total. The number of nitrogens with zero attached hydrogens (tertiary/aromatic N) is 1. The topological polar surface area (TPSA) is 43.4 Å². The zero-order valence-electron chi connectivity index (χ0n) is 17.9. The van der Waals surface area contributed by atoms with Gasteiger partial charge in [0.05, 0.1) is 6.61 Å². The second kappa shape index (κ2) is 10.6. The van der Waals surface area contributed by atoms with Crippen molar-refractivity contribution in [2.45, 2.75) is 26.5 Å². The van der Waals surface area contributed by atoms with Gasteiger partial charge in [-0.25, -0.2) is 4.98 Å². The number of ether oxygens (including phenoxy) is 2. The zero-order valence-corrected chi connectivity index (χ0v) is 17.9. The third-order valence-corrected chi connectivity index (χ3v) is 5.16. The summed E-state index contributed by atoms with van der Waals surface area (Å²) in [7, 11) is 0. The smallest absolute Gasteiger partial charge is 0.213 e. The monoisotopic (exact) mass is 412 g/mol. The van der Waals surface area contributed by atoms with Crippen LogP contribution in [0.25, 0.3) is 10.8 Å². The summed E-state index contributed by atoms with van der Waals surface area (Å²) in [5, 5.41) is 5.99. The van der Waals surface area contributed by atoms with Crippen LogP contribution in [0, 0.1) is 6.92 Å². The molecule has 0 spiro atoms. The lowest BCUT2D eigenvalue weighted by Crippen LogP contribution is -2.18. The van der Waals surface area contributed by atoms with Crippen molar-refractivity contribution in [3.8, 4) is 11.6 Å². The van der Waals surface area contributed by atoms with Crippen LogP contribution in [0.3, 0.4) is 0 Å². The fourth-order valence-electron chi connectivity index (χ4n) is 3.62. The van der Waals surface area contributed by atoms with Crippen LogP contribution in [0.5, 0.6) is 11.6 Å². The summed E-state index contributed by atoms with van der Waals surface area (Å²) in [4.78, 5) is 4.18. The summed E-state index contributed by atoms with van der Waals surface area (Å²) in [5.41, 5.74) is 3.62. The van der Waals surface area contributed by atoms with Crippen LogP contribution in [0.4, 0.5) is 0 Å². The van der Waals surface area contributed by atoms with Crippen LogP contribution in [-0.4, -0.2) is 18.1 Å². The van der Waals surface area contributed by atoms with Crippen LogP contribution < -0.4 is 14.8 Å². The molecule has 0 saturated carbocycles. The maximum absolute atomic E-state index is 6.25. The normalized spacial score (nSPS) is 10.9. The molecule has 3 aromatic carbocycles. The molecule has 4 aromatic rings. The van der Waals surface area contributed by atoms with Crippen molar-refractivity contribution in [2.75, 3.05) is 13.2 Å². The van der Waals surface area contributed by atoms with Gasteiger partial charge in [-0.15, -0.1) is 0 Å². The fraction of sp³-hybridized carbons (Fsp3) is 0.222. The molecule has 1 heterocycles. The van der Waals surface area contributed by atoms with E-state index >= 15 is 0 Å². The van der Waals surface area contributed by atoms with E-state index in [0.717, 1.165) is 25.3 Å². The molecule has 0 bridgehead atoms. The zero-order chi connectivity index (χ0) is 21.3. The minimum atomic E-state index is 0.560. The quantitative estimate of drug-likeness (QED) is 0.340. The number of hydrogen-bond acceptors (Lipinski definition) is 4. The van der Waals surface area contributed by atoms with Gasteiger partial charge in [0.15, 0.2) is 0 Å². The van der Waals surface area contributed by atoms with Gasteiger partial charge >= 0.3 is 0 Å². The molecule has 0 radical (unpaired) electrons. The minimum absolute atomic E-state index is 0.560. The van der Waals surface area contributed by atoms with Crippen molar-refractivity contribution in [1.82, 2.24) is 10.3 Å². The second-order valence-electron chi connectivity index (χ2n) is 7.59. The number of hydrogen-bond donors (Lipinski definition) is 1. The van der Waals surface area contributed by atoms with E-state index < -0.39 is 0 Å². The lowest BCUT2D eigenvalue weighted by Gasteiger charge is -2.15. The Morgan fingerprint density at radius 2 is 1.77 bits per heavy atom. The highest BCUT2D eigenvalue weighted by atomic mass is 16.5. The van der Waals surface area contributed by atoms with Gasteiger partial charge in [0, 0.05) is 24.4 Å². The molecule has 0 saturated heterocycles. The van der Waals surface area contributed by atoms with E-state index in [1.165, 1.54) is 27.5 Å². The maximum atomic E-state index is 6.25. The molecule has 0 unspecified atom stereocenters. The summed E-state index contributed by atoms with van der Waals surface area (Å²) >= 11 is 0. The number of aryl methyl sites for hydroxylation is 1. The molecule has 0 aliphatic heterocycles. The van der Waals surface area contributed by atoms with E-state index in [2.05, 4.69) is 77.9 Å². The molecule has 4 rings (SSSR count). The van der Waals surface area contributed by atoms with Gasteiger partial charge in [-0.2, -0.15) is 0 Å². The second-order valence-corrected chi connectivity index (χ2v) is 7.59. The first-order valence-electron chi connectivity index (χ1n) is 10.7. The number of pyridine rings is 1. The summed E-state index contributed by atoms with van der Waals surface area (Å²) in [6.07, 6.45) is 2.65. The highest BCUT2D eigenvalue weighted by Gasteiger charge is 2.09. The summed E-state index contributed by atoms with van der Waals surface area (Å²) in [6, 6.07) is 26.8. The Labute approximate surface area is 183 Å². The van der Waals surface area contributed by atoms with Gasteiger partial charge in [-0.3, -0.25) is 0 Å². The fourth-order valence-corrected chi connectivity index (χ4v) is 3.62. The number of nitrogens with one attached hydrogen (secondary N) is 1. The van der Waals surface area contributed by atoms with Crippen LogP contribution >= 0.6 is 0 Å². The van der Waals surface area contributed by atoms with Gasteiger partial charge in [0.2, 0.25) is 5.88 Å². The van der Waals surface area contributed by atoms with Crippen molar-refractivity contribution < 1.29 is 9.47 Å². The largest absolute Gasteiger partial charge is 0.489 e. The maximum Gasteiger partial charge on any atom is 0.213 e. The molecule has 0 fully saturated rings. The third kappa shape index (κ3) is 5.83. The summed E-state index contributed by atoms with van der Waals surface area (Å²) in [6.45, 7) is 4.90. The molecular formula is C27H28N2O2. The van der Waals surface area contributed by atoms with Gasteiger partial charge < -0.3 is 14.8 Å². The van der Waals surface area contributed by atoms with Crippen LogP contribution in [0.1, 0.15) is 23.1 Å². The third-order valence-electron chi connectivity index (χ3n) is 5.16. The molecule has 4 nitrogen and oxygen atoms in total. The van der Waals surface area contributed by atoms with E-state index in [4.69, 9.17) is 9.47 Å². The number of benzene rings is 3. The molecule has 1 aromatic heterocycles.